The van der Waals surface area contributed by atoms with Crippen molar-refractivity contribution in [2.75, 3.05) is 19.6 Å². The molecule has 3 heterocycles. The highest BCUT2D eigenvalue weighted by molar-refractivity contribution is 6.00. The molecule has 146 valence electrons. The average Bonchev–Trinajstić information content (AvgIpc) is 2.71. The number of amides is 1. The SMILES string of the molecule is C[C@H]1CN(C2=CN3C(=O)\C=C(c4cc(F)cc(C#N)c4)/C=C/C=C/3C=C2)CCN1. The van der Waals surface area contributed by atoms with Crippen molar-refractivity contribution >= 4 is 11.5 Å². The van der Waals surface area contributed by atoms with E-state index in [1.807, 2.05) is 36.6 Å². The molecule has 0 bridgehead atoms. The van der Waals surface area contributed by atoms with Crippen LogP contribution in [0.2, 0.25) is 0 Å². The van der Waals surface area contributed by atoms with E-state index >= 15 is 0 Å². The van der Waals surface area contributed by atoms with E-state index in [1.54, 1.807) is 17.0 Å². The molecule has 4 rings (SSSR count). The van der Waals surface area contributed by atoms with E-state index in [0.717, 1.165) is 31.0 Å². The number of nitrogens with one attached hydrogen (secondary N) is 1. The fraction of sp³-hybridized carbons (Fsp3) is 0.217. The summed E-state index contributed by atoms with van der Waals surface area (Å²) >= 11 is 0. The minimum Gasteiger partial charge on any atom is -0.368 e. The number of allylic oxidation sites excluding steroid dienone is 6. The van der Waals surface area contributed by atoms with Crippen molar-refractivity contribution in [3.63, 3.8) is 0 Å². The molecule has 6 heteroatoms. The van der Waals surface area contributed by atoms with E-state index in [9.17, 15) is 9.18 Å². The van der Waals surface area contributed by atoms with Gasteiger partial charge in [0.15, 0.2) is 0 Å². The van der Waals surface area contributed by atoms with Crippen molar-refractivity contribution in [3.05, 3.63) is 89.2 Å². The summed E-state index contributed by atoms with van der Waals surface area (Å²) in [6.45, 7) is 4.79. The zero-order valence-corrected chi connectivity index (χ0v) is 16.1. The van der Waals surface area contributed by atoms with Crippen LogP contribution in [0.25, 0.3) is 5.57 Å². The first-order chi connectivity index (χ1) is 14.0. The van der Waals surface area contributed by atoms with Gasteiger partial charge in [-0.3, -0.25) is 9.69 Å². The molecule has 0 unspecified atom stereocenters. The lowest BCUT2D eigenvalue weighted by molar-refractivity contribution is -0.122. The quantitative estimate of drug-likeness (QED) is 0.846. The molecule has 0 radical (unpaired) electrons. The maximum absolute atomic E-state index is 13.9. The fourth-order valence-corrected chi connectivity index (χ4v) is 3.68. The number of nitriles is 1. The number of halogens is 1. The molecule has 3 aliphatic heterocycles. The smallest absolute Gasteiger partial charge is 0.255 e. The molecule has 1 aromatic carbocycles. The van der Waals surface area contributed by atoms with Crippen molar-refractivity contribution in [2.45, 2.75) is 13.0 Å². The lowest BCUT2D eigenvalue weighted by Gasteiger charge is -2.36. The normalized spacial score (nSPS) is 26.2. The fourth-order valence-electron chi connectivity index (χ4n) is 3.68. The molecular weight excluding hydrogens is 367 g/mol. The lowest BCUT2D eigenvalue weighted by Crippen LogP contribution is -2.48. The summed E-state index contributed by atoms with van der Waals surface area (Å²) in [5, 5.41) is 12.5. The van der Waals surface area contributed by atoms with Gasteiger partial charge in [0.05, 0.1) is 17.3 Å². The van der Waals surface area contributed by atoms with Crippen LogP contribution in [0.1, 0.15) is 18.1 Å². The van der Waals surface area contributed by atoms with Gasteiger partial charge in [0, 0.05) is 43.6 Å². The Kier molecular flexibility index (Phi) is 5.15. The van der Waals surface area contributed by atoms with E-state index in [-0.39, 0.29) is 11.5 Å². The second kappa shape index (κ2) is 7.90. The number of carbonyl (C=O) groups excluding carboxylic acids is 1. The summed E-state index contributed by atoms with van der Waals surface area (Å²) in [5.41, 5.74) is 3.03. The Morgan fingerprint density at radius 3 is 2.83 bits per heavy atom. The van der Waals surface area contributed by atoms with Crippen LogP contribution in [0.5, 0.6) is 0 Å². The number of nitrogens with zero attached hydrogens (tertiary/aromatic N) is 3. The first-order valence-electron chi connectivity index (χ1n) is 9.56. The van der Waals surface area contributed by atoms with Gasteiger partial charge in [-0.1, -0.05) is 12.2 Å². The van der Waals surface area contributed by atoms with Crippen LogP contribution < -0.4 is 5.32 Å². The van der Waals surface area contributed by atoms with Gasteiger partial charge in [-0.25, -0.2) is 4.39 Å². The van der Waals surface area contributed by atoms with Crippen LogP contribution in [0.15, 0.2) is 72.2 Å². The van der Waals surface area contributed by atoms with E-state index in [4.69, 9.17) is 5.26 Å². The second-order valence-electron chi connectivity index (χ2n) is 7.29. The van der Waals surface area contributed by atoms with Crippen molar-refractivity contribution in [1.82, 2.24) is 15.1 Å². The van der Waals surface area contributed by atoms with Crippen LogP contribution in [0.3, 0.4) is 0 Å². The molecule has 1 fully saturated rings. The van der Waals surface area contributed by atoms with Crippen molar-refractivity contribution < 1.29 is 9.18 Å². The van der Waals surface area contributed by atoms with Gasteiger partial charge in [-0.05, 0) is 54.5 Å². The Hall–Kier alpha value is -3.43. The summed E-state index contributed by atoms with van der Waals surface area (Å²) in [5.74, 6) is -0.724. The van der Waals surface area contributed by atoms with Crippen LogP contribution in [0, 0.1) is 17.1 Å². The Morgan fingerprint density at radius 2 is 2.03 bits per heavy atom. The van der Waals surface area contributed by atoms with Crippen LogP contribution in [-0.4, -0.2) is 41.4 Å². The monoisotopic (exact) mass is 388 g/mol. The highest BCUT2D eigenvalue weighted by Gasteiger charge is 2.23. The zero-order chi connectivity index (χ0) is 20.4. The Balaban J connectivity index is 1.67. The van der Waals surface area contributed by atoms with Crippen molar-refractivity contribution in [2.24, 2.45) is 0 Å². The number of benzene rings is 1. The van der Waals surface area contributed by atoms with Crippen LogP contribution in [-0.2, 0) is 4.79 Å². The van der Waals surface area contributed by atoms with E-state index < -0.39 is 5.82 Å². The highest BCUT2D eigenvalue weighted by atomic mass is 19.1. The lowest BCUT2D eigenvalue weighted by atomic mass is 10.0. The first-order valence-corrected chi connectivity index (χ1v) is 9.56. The van der Waals surface area contributed by atoms with E-state index in [0.29, 0.717) is 17.2 Å². The second-order valence-corrected chi connectivity index (χ2v) is 7.29. The van der Waals surface area contributed by atoms with Gasteiger partial charge in [-0.2, -0.15) is 5.26 Å². The first kappa shape index (κ1) is 18.9. The standard InChI is InChI=1S/C23H21FN4O/c1-16-14-27(8-7-26-16)22-6-5-21-4-2-3-18(12-23(29)28(21)15-22)19-9-17(13-25)10-20(24)11-19/h2-6,9-12,15-16,26H,7-8,14H2,1H3/b3-2+,18-12+,21-4+/t16-/m0/s1. The molecule has 1 aromatic rings. The zero-order valence-electron chi connectivity index (χ0n) is 16.1. The topological polar surface area (TPSA) is 59.4 Å². The summed E-state index contributed by atoms with van der Waals surface area (Å²) in [6, 6.07) is 6.42. The van der Waals surface area contributed by atoms with Gasteiger partial charge in [0.25, 0.3) is 5.91 Å². The van der Waals surface area contributed by atoms with Crippen molar-refractivity contribution in [3.8, 4) is 6.07 Å². The van der Waals surface area contributed by atoms with Crippen molar-refractivity contribution in [1.29, 1.82) is 5.26 Å². The molecule has 0 spiro atoms. The van der Waals surface area contributed by atoms with Gasteiger partial charge < -0.3 is 10.2 Å². The highest BCUT2D eigenvalue weighted by Crippen LogP contribution is 2.26. The number of fused-ring (bicyclic) bond motifs is 1. The average molecular weight is 388 g/mol. The summed E-state index contributed by atoms with van der Waals surface area (Å²) in [6.07, 6.45) is 12.7. The molecular formula is C23H21FN4O. The Bertz CT molecular complexity index is 1040. The number of rotatable bonds is 2. The summed E-state index contributed by atoms with van der Waals surface area (Å²) in [7, 11) is 0. The number of hydrogen-bond donors (Lipinski definition) is 1. The molecule has 5 nitrogen and oxygen atoms in total. The number of piperazine rings is 1. The van der Waals surface area contributed by atoms with Crippen LogP contribution >= 0.6 is 0 Å². The third kappa shape index (κ3) is 4.05. The number of carbonyl (C=O) groups is 1. The minimum atomic E-state index is -0.505. The predicted octanol–water partition coefficient (Wildman–Crippen LogP) is 3.07. The molecule has 0 saturated carbocycles. The minimum absolute atomic E-state index is 0.218. The largest absolute Gasteiger partial charge is 0.368 e. The molecule has 0 aromatic heterocycles. The molecule has 1 N–H and O–H groups in total. The number of hydrogen-bond acceptors (Lipinski definition) is 4. The molecule has 1 saturated heterocycles. The maximum atomic E-state index is 13.9. The summed E-state index contributed by atoms with van der Waals surface area (Å²) < 4.78 is 13.9. The molecule has 3 aliphatic rings. The van der Waals surface area contributed by atoms with E-state index in [2.05, 4.69) is 17.1 Å². The van der Waals surface area contributed by atoms with E-state index in [1.165, 1.54) is 18.2 Å². The third-order valence-corrected chi connectivity index (χ3v) is 5.12. The summed E-state index contributed by atoms with van der Waals surface area (Å²) in [4.78, 5) is 16.9. The third-order valence-electron chi connectivity index (χ3n) is 5.12. The van der Waals surface area contributed by atoms with Gasteiger partial charge in [0.1, 0.15) is 5.82 Å². The Morgan fingerprint density at radius 1 is 1.21 bits per heavy atom. The Labute approximate surface area is 169 Å². The van der Waals surface area contributed by atoms with Gasteiger partial charge in [-0.15, -0.1) is 0 Å². The van der Waals surface area contributed by atoms with Crippen LogP contribution in [0.4, 0.5) is 4.39 Å². The maximum Gasteiger partial charge on any atom is 0.255 e. The van der Waals surface area contributed by atoms with Gasteiger partial charge in [0.2, 0.25) is 0 Å². The molecule has 1 amide bonds. The predicted molar refractivity (Wildman–Crippen MR) is 109 cm³/mol. The van der Waals surface area contributed by atoms with Gasteiger partial charge >= 0.3 is 0 Å². The molecule has 0 aliphatic carbocycles. The molecule has 1 atom stereocenters. The molecule has 29 heavy (non-hydrogen) atoms.